The van der Waals surface area contributed by atoms with Gasteiger partial charge in [-0.1, -0.05) is 36.7 Å². The molecule has 108 valence electrons. The zero-order valence-electron chi connectivity index (χ0n) is 11.1. The molecule has 1 unspecified atom stereocenters. The summed E-state index contributed by atoms with van der Waals surface area (Å²) in [6.45, 7) is 5.92. The fraction of sp³-hybridized carbons (Fsp3) is 0.500. The second-order valence-corrected chi connectivity index (χ2v) is 8.11. The van der Waals surface area contributed by atoms with E-state index in [4.69, 9.17) is 5.73 Å². The minimum absolute atomic E-state index is 0.0924. The second kappa shape index (κ2) is 6.56. The Morgan fingerprint density at radius 1 is 1.32 bits per heavy atom. The van der Waals surface area contributed by atoms with Crippen LogP contribution in [0.2, 0.25) is 0 Å². The van der Waals surface area contributed by atoms with Gasteiger partial charge in [-0.2, -0.15) is 0 Å². The maximum atomic E-state index is 12.4. The number of nitrogen functional groups attached to an aromatic ring is 1. The van der Waals surface area contributed by atoms with Crippen LogP contribution in [-0.4, -0.2) is 14.5 Å². The molecule has 0 aromatic heterocycles. The molecule has 0 radical (unpaired) electrons. The van der Waals surface area contributed by atoms with E-state index in [1.54, 1.807) is 12.1 Å². The molecule has 0 aliphatic rings. The Morgan fingerprint density at radius 3 is 2.32 bits per heavy atom. The van der Waals surface area contributed by atoms with Gasteiger partial charge in [0.15, 0.2) is 0 Å². The van der Waals surface area contributed by atoms with Crippen LogP contribution in [0.25, 0.3) is 0 Å². The minimum Gasteiger partial charge on any atom is -0.398 e. The van der Waals surface area contributed by atoms with Crippen LogP contribution >= 0.6 is 31.9 Å². The van der Waals surface area contributed by atoms with Gasteiger partial charge in [-0.15, -0.1) is 0 Å². The average molecular weight is 414 g/mol. The Balaban J connectivity index is 3.21. The number of nitrogens with one attached hydrogen (secondary N) is 1. The van der Waals surface area contributed by atoms with Crippen molar-refractivity contribution in [2.75, 3.05) is 5.73 Å². The number of benzene rings is 1. The van der Waals surface area contributed by atoms with Crippen molar-refractivity contribution in [1.29, 1.82) is 0 Å². The Hall–Kier alpha value is -0.110. The molecule has 1 aromatic carbocycles. The summed E-state index contributed by atoms with van der Waals surface area (Å²) in [7, 11) is -3.64. The molecule has 4 nitrogen and oxygen atoms in total. The van der Waals surface area contributed by atoms with Gasteiger partial charge in [0.05, 0.1) is 5.69 Å². The molecule has 0 amide bonds. The van der Waals surface area contributed by atoms with Crippen molar-refractivity contribution in [2.45, 2.75) is 38.1 Å². The first-order valence-corrected chi connectivity index (χ1v) is 9.02. The average Bonchev–Trinajstić information content (AvgIpc) is 2.23. The summed E-state index contributed by atoms with van der Waals surface area (Å²) >= 11 is 6.53. The predicted molar refractivity (Wildman–Crippen MR) is 85.5 cm³/mol. The van der Waals surface area contributed by atoms with Crippen molar-refractivity contribution in [3.63, 3.8) is 0 Å². The van der Waals surface area contributed by atoms with Gasteiger partial charge in [0.25, 0.3) is 0 Å². The standard InChI is InChI=1S/C12H18Br2N2O2S/c1-4-11(7(2)3)16-19(17,18)12-9(14)5-8(13)6-10(12)15/h5-7,11,16H,4,15H2,1-3H3. The highest BCUT2D eigenvalue weighted by atomic mass is 79.9. The van der Waals surface area contributed by atoms with Crippen molar-refractivity contribution in [3.8, 4) is 0 Å². The van der Waals surface area contributed by atoms with E-state index in [0.717, 1.165) is 10.9 Å². The first-order chi connectivity index (χ1) is 8.69. The normalized spacial score (nSPS) is 13.8. The second-order valence-electron chi connectivity index (χ2n) is 4.69. The van der Waals surface area contributed by atoms with Gasteiger partial charge in [0, 0.05) is 15.0 Å². The third-order valence-corrected chi connectivity index (χ3v) is 5.81. The summed E-state index contributed by atoms with van der Waals surface area (Å²) < 4.78 is 28.7. The Labute approximate surface area is 131 Å². The number of nitrogens with two attached hydrogens (primary N) is 1. The summed E-state index contributed by atoms with van der Waals surface area (Å²) in [4.78, 5) is 0.0924. The fourth-order valence-electron chi connectivity index (χ4n) is 1.81. The monoisotopic (exact) mass is 412 g/mol. The highest BCUT2D eigenvalue weighted by Crippen LogP contribution is 2.32. The van der Waals surface area contributed by atoms with E-state index in [-0.39, 0.29) is 22.5 Å². The molecule has 1 aromatic rings. The number of halogens is 2. The quantitative estimate of drug-likeness (QED) is 0.725. The molecule has 0 heterocycles. The molecule has 7 heteroatoms. The molecule has 0 saturated carbocycles. The molecule has 0 aliphatic heterocycles. The number of rotatable bonds is 5. The Kier molecular flexibility index (Phi) is 5.85. The maximum absolute atomic E-state index is 12.4. The molecule has 1 atom stereocenters. The first kappa shape index (κ1) is 16.9. The van der Waals surface area contributed by atoms with Gasteiger partial charge in [0.1, 0.15) is 4.90 Å². The van der Waals surface area contributed by atoms with Crippen LogP contribution in [0.3, 0.4) is 0 Å². The molecule has 0 fully saturated rings. The molecule has 0 saturated heterocycles. The van der Waals surface area contributed by atoms with Gasteiger partial charge in [-0.25, -0.2) is 13.1 Å². The SMILES string of the molecule is CCC(NS(=O)(=O)c1c(N)cc(Br)cc1Br)C(C)C. The lowest BCUT2D eigenvalue weighted by Crippen LogP contribution is -2.38. The Bertz CT molecular complexity index is 536. The number of sulfonamides is 1. The van der Waals surface area contributed by atoms with Gasteiger partial charge >= 0.3 is 0 Å². The zero-order valence-corrected chi connectivity index (χ0v) is 15.1. The van der Waals surface area contributed by atoms with Gasteiger partial charge in [-0.3, -0.25) is 0 Å². The number of anilines is 1. The van der Waals surface area contributed by atoms with E-state index < -0.39 is 10.0 Å². The van der Waals surface area contributed by atoms with Crippen molar-refractivity contribution in [2.24, 2.45) is 5.92 Å². The topological polar surface area (TPSA) is 72.2 Å². The lowest BCUT2D eigenvalue weighted by molar-refractivity contribution is 0.437. The molecular weight excluding hydrogens is 396 g/mol. The van der Waals surface area contributed by atoms with Crippen LogP contribution in [0.1, 0.15) is 27.2 Å². The summed E-state index contributed by atoms with van der Waals surface area (Å²) in [5, 5.41) is 0. The molecule has 19 heavy (non-hydrogen) atoms. The summed E-state index contributed by atoms with van der Waals surface area (Å²) in [6, 6.07) is 3.14. The highest BCUT2D eigenvalue weighted by Gasteiger charge is 2.25. The minimum atomic E-state index is -3.64. The summed E-state index contributed by atoms with van der Waals surface area (Å²) in [5.41, 5.74) is 6.04. The maximum Gasteiger partial charge on any atom is 0.244 e. The van der Waals surface area contributed by atoms with Crippen molar-refractivity contribution in [1.82, 2.24) is 4.72 Å². The fourth-order valence-corrected chi connectivity index (χ4v) is 5.35. The highest BCUT2D eigenvalue weighted by molar-refractivity contribution is 9.11. The van der Waals surface area contributed by atoms with Crippen molar-refractivity contribution >= 4 is 47.6 Å². The molecule has 1 rings (SSSR count). The molecule has 3 N–H and O–H groups in total. The van der Waals surface area contributed by atoms with E-state index in [1.807, 2.05) is 20.8 Å². The van der Waals surface area contributed by atoms with Crippen LogP contribution in [0.4, 0.5) is 5.69 Å². The number of hydrogen-bond donors (Lipinski definition) is 2. The third-order valence-electron chi connectivity index (χ3n) is 2.86. The van der Waals surface area contributed by atoms with Crippen LogP contribution in [0.15, 0.2) is 26.0 Å². The molecule has 0 spiro atoms. The van der Waals surface area contributed by atoms with Crippen LogP contribution in [0.5, 0.6) is 0 Å². The smallest absolute Gasteiger partial charge is 0.244 e. The van der Waals surface area contributed by atoms with Crippen LogP contribution < -0.4 is 10.5 Å². The molecule has 0 bridgehead atoms. The van der Waals surface area contributed by atoms with Crippen molar-refractivity contribution in [3.05, 3.63) is 21.1 Å². The van der Waals surface area contributed by atoms with Gasteiger partial charge < -0.3 is 5.73 Å². The lowest BCUT2D eigenvalue weighted by atomic mass is 10.0. The largest absolute Gasteiger partial charge is 0.398 e. The number of hydrogen-bond acceptors (Lipinski definition) is 3. The van der Waals surface area contributed by atoms with E-state index in [2.05, 4.69) is 36.6 Å². The Morgan fingerprint density at radius 2 is 1.89 bits per heavy atom. The van der Waals surface area contributed by atoms with E-state index in [0.29, 0.717) is 4.47 Å². The zero-order chi connectivity index (χ0) is 14.8. The van der Waals surface area contributed by atoms with E-state index >= 15 is 0 Å². The van der Waals surface area contributed by atoms with Crippen LogP contribution in [-0.2, 0) is 10.0 Å². The van der Waals surface area contributed by atoms with Gasteiger partial charge in [0.2, 0.25) is 10.0 Å². The van der Waals surface area contributed by atoms with E-state index in [1.165, 1.54) is 0 Å². The van der Waals surface area contributed by atoms with Gasteiger partial charge in [-0.05, 0) is 40.4 Å². The molecule has 0 aliphatic carbocycles. The predicted octanol–water partition coefficient (Wildman–Crippen LogP) is 3.51. The first-order valence-electron chi connectivity index (χ1n) is 5.95. The summed E-state index contributed by atoms with van der Waals surface area (Å²) in [6.07, 6.45) is 0.727. The third kappa shape index (κ3) is 4.18. The van der Waals surface area contributed by atoms with E-state index in [9.17, 15) is 8.42 Å². The van der Waals surface area contributed by atoms with Crippen molar-refractivity contribution < 1.29 is 8.42 Å². The van der Waals surface area contributed by atoms with Crippen LogP contribution in [0, 0.1) is 5.92 Å². The molecular formula is C12H18Br2N2O2S. The summed E-state index contributed by atoms with van der Waals surface area (Å²) in [5.74, 6) is 0.218. The lowest BCUT2D eigenvalue weighted by Gasteiger charge is -2.21.